The Labute approximate surface area is 198 Å². The minimum absolute atomic E-state index is 0.0378. The van der Waals surface area contributed by atoms with Crippen LogP contribution in [0.4, 0.5) is 4.39 Å². The van der Waals surface area contributed by atoms with Crippen LogP contribution >= 0.6 is 0 Å². The molecule has 3 rings (SSSR count). The molecule has 1 atom stereocenters. The Morgan fingerprint density at radius 2 is 1.76 bits per heavy atom. The number of halogens is 1. The van der Waals surface area contributed by atoms with Crippen LogP contribution in [0.3, 0.4) is 0 Å². The average Bonchev–Trinajstić information content (AvgIpc) is 2.83. The molecular weight excluding hydrogens is 437 g/mol. The minimum Gasteiger partial charge on any atom is -0.340 e. The van der Waals surface area contributed by atoms with E-state index < -0.39 is 29.1 Å². The maximum atomic E-state index is 13.5. The van der Waals surface area contributed by atoms with Gasteiger partial charge in [-0.05, 0) is 57.0 Å². The zero-order valence-electron chi connectivity index (χ0n) is 19.6. The van der Waals surface area contributed by atoms with Crippen molar-refractivity contribution in [2.24, 2.45) is 5.92 Å². The molecule has 1 aliphatic heterocycles. The standard InChI is InChI=1S/C26H30FN3O4/c1-4-28(17-18(2)3)25(33)20-12-15-29(16-13-20)26(34)23(30-14-6-5-7-22(30)31)24(32)19-8-10-21(27)11-9-19/h5-11,14,20,23H,2,4,12-13,15-17H2,1,3H3. The van der Waals surface area contributed by atoms with E-state index in [4.69, 9.17) is 0 Å². The first kappa shape index (κ1) is 25.1. The van der Waals surface area contributed by atoms with Crippen molar-refractivity contribution in [2.45, 2.75) is 32.7 Å². The Morgan fingerprint density at radius 1 is 1.12 bits per heavy atom. The number of nitrogens with zero attached hydrogens (tertiary/aromatic N) is 3. The molecule has 180 valence electrons. The number of carbonyl (C=O) groups excluding carboxylic acids is 3. The number of hydrogen-bond donors (Lipinski definition) is 0. The van der Waals surface area contributed by atoms with Crippen molar-refractivity contribution in [3.8, 4) is 0 Å². The molecule has 0 spiro atoms. The van der Waals surface area contributed by atoms with Crippen molar-refractivity contribution in [2.75, 3.05) is 26.2 Å². The quantitative estimate of drug-likeness (QED) is 0.340. The number of likely N-dealkylation sites (N-methyl/N-ethyl adjacent to an activating group) is 1. The highest BCUT2D eigenvalue weighted by Gasteiger charge is 2.37. The molecule has 0 bridgehead atoms. The van der Waals surface area contributed by atoms with Gasteiger partial charge in [0.25, 0.3) is 11.5 Å². The Balaban J connectivity index is 1.80. The molecule has 7 nitrogen and oxygen atoms in total. The zero-order chi connectivity index (χ0) is 24.8. The lowest BCUT2D eigenvalue weighted by atomic mass is 9.93. The minimum atomic E-state index is -1.40. The van der Waals surface area contributed by atoms with Gasteiger partial charge in [-0.25, -0.2) is 4.39 Å². The number of Topliss-reactive ketones (excluding diaryl/α,β-unsaturated/α-hetero) is 1. The van der Waals surface area contributed by atoms with E-state index in [0.29, 0.717) is 39.0 Å². The van der Waals surface area contributed by atoms with Gasteiger partial charge in [0.05, 0.1) is 0 Å². The van der Waals surface area contributed by atoms with Gasteiger partial charge in [-0.15, -0.1) is 0 Å². The molecule has 1 saturated heterocycles. The Bertz CT molecular complexity index is 1120. The summed E-state index contributed by atoms with van der Waals surface area (Å²) < 4.78 is 14.5. The molecule has 2 aromatic rings. The first-order valence-electron chi connectivity index (χ1n) is 11.4. The van der Waals surface area contributed by atoms with E-state index in [0.717, 1.165) is 22.3 Å². The van der Waals surface area contributed by atoms with Crippen LogP contribution < -0.4 is 5.56 Å². The third-order valence-corrected chi connectivity index (χ3v) is 6.05. The van der Waals surface area contributed by atoms with Crippen molar-refractivity contribution in [1.82, 2.24) is 14.4 Å². The lowest BCUT2D eigenvalue weighted by Gasteiger charge is -2.35. The molecule has 1 aromatic heterocycles. The van der Waals surface area contributed by atoms with Gasteiger partial charge in [0.15, 0.2) is 11.8 Å². The van der Waals surface area contributed by atoms with Gasteiger partial charge in [0, 0.05) is 49.9 Å². The molecule has 8 heteroatoms. The summed E-state index contributed by atoms with van der Waals surface area (Å²) in [6.07, 6.45) is 2.34. The van der Waals surface area contributed by atoms with E-state index >= 15 is 0 Å². The van der Waals surface area contributed by atoms with Crippen LogP contribution in [0.2, 0.25) is 0 Å². The van der Waals surface area contributed by atoms with Crippen LogP contribution in [0.25, 0.3) is 0 Å². The summed E-state index contributed by atoms with van der Waals surface area (Å²) in [6, 6.07) is 7.88. The Kier molecular flexibility index (Phi) is 8.15. The SMILES string of the molecule is C=C(C)CN(CC)C(=O)C1CCN(C(=O)C(C(=O)c2ccc(F)cc2)n2ccccc2=O)CC1. The fourth-order valence-electron chi connectivity index (χ4n) is 4.23. The molecule has 1 aromatic carbocycles. The van der Waals surface area contributed by atoms with Gasteiger partial charge in [0.1, 0.15) is 5.82 Å². The second-order valence-electron chi connectivity index (χ2n) is 8.63. The normalized spacial score (nSPS) is 15.0. The average molecular weight is 468 g/mol. The number of rotatable bonds is 8. The van der Waals surface area contributed by atoms with E-state index in [1.807, 2.05) is 13.8 Å². The largest absolute Gasteiger partial charge is 0.340 e. The highest BCUT2D eigenvalue weighted by Crippen LogP contribution is 2.24. The lowest BCUT2D eigenvalue weighted by Crippen LogP contribution is -2.49. The molecule has 0 saturated carbocycles. The summed E-state index contributed by atoms with van der Waals surface area (Å²) in [5.41, 5.74) is 0.553. The van der Waals surface area contributed by atoms with E-state index in [9.17, 15) is 23.6 Å². The molecule has 2 heterocycles. The van der Waals surface area contributed by atoms with Gasteiger partial charge in [-0.2, -0.15) is 0 Å². The molecule has 2 amide bonds. The van der Waals surface area contributed by atoms with Crippen LogP contribution in [-0.2, 0) is 9.59 Å². The number of aromatic nitrogens is 1. The summed E-state index contributed by atoms with van der Waals surface area (Å²) in [6.45, 7) is 9.35. The molecule has 0 N–H and O–H groups in total. The Hall–Kier alpha value is -3.55. The maximum absolute atomic E-state index is 13.5. The smallest absolute Gasteiger partial charge is 0.253 e. The van der Waals surface area contributed by atoms with Crippen LogP contribution in [0.1, 0.15) is 43.1 Å². The van der Waals surface area contributed by atoms with Crippen molar-refractivity contribution >= 4 is 17.6 Å². The lowest BCUT2D eigenvalue weighted by molar-refractivity contribution is -0.141. The van der Waals surface area contributed by atoms with E-state index in [1.54, 1.807) is 11.0 Å². The molecule has 0 radical (unpaired) electrons. The number of benzene rings is 1. The molecule has 34 heavy (non-hydrogen) atoms. The molecule has 1 fully saturated rings. The second kappa shape index (κ2) is 11.0. The van der Waals surface area contributed by atoms with Crippen molar-refractivity contribution in [3.05, 3.63) is 82.5 Å². The number of pyridine rings is 1. The Morgan fingerprint density at radius 3 is 2.32 bits per heavy atom. The molecule has 1 unspecified atom stereocenters. The highest BCUT2D eigenvalue weighted by molar-refractivity contribution is 6.11. The highest BCUT2D eigenvalue weighted by atomic mass is 19.1. The summed E-state index contributed by atoms with van der Waals surface area (Å²) in [7, 11) is 0. The summed E-state index contributed by atoms with van der Waals surface area (Å²) >= 11 is 0. The number of amides is 2. The maximum Gasteiger partial charge on any atom is 0.253 e. The number of hydrogen-bond acceptors (Lipinski definition) is 4. The van der Waals surface area contributed by atoms with E-state index in [1.165, 1.54) is 35.4 Å². The predicted molar refractivity (Wildman–Crippen MR) is 127 cm³/mol. The number of ketones is 1. The first-order chi connectivity index (χ1) is 16.2. The third kappa shape index (κ3) is 5.68. The fourth-order valence-corrected chi connectivity index (χ4v) is 4.23. The van der Waals surface area contributed by atoms with Crippen molar-refractivity contribution in [1.29, 1.82) is 0 Å². The summed E-state index contributed by atoms with van der Waals surface area (Å²) in [5.74, 6) is -1.78. The van der Waals surface area contributed by atoms with Crippen molar-refractivity contribution in [3.63, 3.8) is 0 Å². The second-order valence-corrected chi connectivity index (χ2v) is 8.63. The number of carbonyl (C=O) groups is 3. The fraction of sp³-hybridized carbons (Fsp3) is 0.385. The van der Waals surface area contributed by atoms with Gasteiger partial charge < -0.3 is 9.80 Å². The molecule has 1 aliphatic rings. The molecular formula is C26H30FN3O4. The van der Waals surface area contributed by atoms with Gasteiger partial charge in [0.2, 0.25) is 5.91 Å². The summed E-state index contributed by atoms with van der Waals surface area (Å²) in [4.78, 5) is 55.5. The van der Waals surface area contributed by atoms with E-state index in [2.05, 4.69) is 6.58 Å². The van der Waals surface area contributed by atoms with Gasteiger partial charge in [-0.3, -0.25) is 23.7 Å². The van der Waals surface area contributed by atoms with Gasteiger partial charge >= 0.3 is 0 Å². The van der Waals surface area contributed by atoms with Crippen LogP contribution in [-0.4, -0.2) is 58.1 Å². The third-order valence-electron chi connectivity index (χ3n) is 6.05. The number of piperidine rings is 1. The van der Waals surface area contributed by atoms with E-state index in [-0.39, 0.29) is 17.4 Å². The van der Waals surface area contributed by atoms with Crippen LogP contribution in [0.15, 0.2) is 65.6 Å². The van der Waals surface area contributed by atoms with Crippen LogP contribution in [0.5, 0.6) is 0 Å². The van der Waals surface area contributed by atoms with Gasteiger partial charge in [-0.1, -0.05) is 18.2 Å². The molecule has 0 aliphatic carbocycles. The number of likely N-dealkylation sites (tertiary alicyclic amines) is 1. The summed E-state index contributed by atoms with van der Waals surface area (Å²) in [5, 5.41) is 0. The monoisotopic (exact) mass is 467 g/mol. The predicted octanol–water partition coefficient (Wildman–Crippen LogP) is 3.07. The van der Waals surface area contributed by atoms with Crippen molar-refractivity contribution < 1.29 is 18.8 Å². The zero-order valence-corrected chi connectivity index (χ0v) is 19.6. The topological polar surface area (TPSA) is 79.7 Å². The van der Waals surface area contributed by atoms with Crippen LogP contribution in [0, 0.1) is 11.7 Å². The first-order valence-corrected chi connectivity index (χ1v) is 11.4.